The maximum absolute atomic E-state index is 14.2. The summed E-state index contributed by atoms with van der Waals surface area (Å²) in [6.07, 6.45) is 14.8. The molecule has 0 unspecified atom stereocenters. The fourth-order valence-electron chi connectivity index (χ4n) is 7.71. The van der Waals surface area contributed by atoms with E-state index in [2.05, 4.69) is 29.8 Å². The molecule has 43 heavy (non-hydrogen) atoms. The van der Waals surface area contributed by atoms with Gasteiger partial charge in [0.2, 0.25) is 11.8 Å². The molecular weight excluding hydrogens is 568 g/mol. The van der Waals surface area contributed by atoms with Crippen molar-refractivity contribution in [2.45, 2.75) is 152 Å². The van der Waals surface area contributed by atoms with Gasteiger partial charge in [0.15, 0.2) is 9.84 Å². The molecule has 4 amide bonds. The Hall–Kier alpha value is -2.17. The molecule has 4 aliphatic rings. The van der Waals surface area contributed by atoms with Crippen molar-refractivity contribution in [3.05, 3.63) is 0 Å². The van der Waals surface area contributed by atoms with Gasteiger partial charge in [-0.15, -0.1) is 0 Å². The van der Waals surface area contributed by atoms with Gasteiger partial charge < -0.3 is 25.6 Å². The summed E-state index contributed by atoms with van der Waals surface area (Å²) in [7, 11) is -3.24. The summed E-state index contributed by atoms with van der Waals surface area (Å²) in [6.45, 7) is 4.59. The molecule has 1 aliphatic carbocycles. The van der Waals surface area contributed by atoms with Crippen LogP contribution in [0.1, 0.15) is 123 Å². The monoisotopic (exact) mass is 622 g/mol. The standard InChI is InChI=1S/C32H54N4O6S/c1-23(2)24-20-27-29(38)33-25(22-37)14-10-7-5-3-4-6-8-11-15-26(30(39)36(27)21-24)34-31(40)35-32(17-12-9-13-18-32)28-16-19-43(28,41)42/h22-28H,3-21H2,1-2H3,(H,33,38)(H2,34,35,40)/t24-,25+,26+,27+,28-/m1/s1. The number of nitrogens with one attached hydrogen (secondary N) is 3. The zero-order valence-corrected chi connectivity index (χ0v) is 27.1. The summed E-state index contributed by atoms with van der Waals surface area (Å²) in [5.41, 5.74) is -0.804. The second kappa shape index (κ2) is 15.2. The summed E-state index contributed by atoms with van der Waals surface area (Å²) in [5.74, 6) is -0.0386. The van der Waals surface area contributed by atoms with Gasteiger partial charge in [-0.1, -0.05) is 84.5 Å². The normalized spacial score (nSPS) is 32.5. The van der Waals surface area contributed by atoms with E-state index in [4.69, 9.17) is 0 Å². The van der Waals surface area contributed by atoms with Crippen LogP contribution in [0.4, 0.5) is 4.79 Å². The highest BCUT2D eigenvalue weighted by molar-refractivity contribution is 7.93. The molecule has 4 fully saturated rings. The molecule has 0 radical (unpaired) electrons. The van der Waals surface area contributed by atoms with Crippen LogP contribution in [0.25, 0.3) is 0 Å². The van der Waals surface area contributed by atoms with Crippen molar-refractivity contribution in [1.82, 2.24) is 20.9 Å². The second-order valence-electron chi connectivity index (χ2n) is 13.9. The molecular formula is C32H54N4O6S. The summed E-state index contributed by atoms with van der Waals surface area (Å²) in [6, 6.07) is -2.60. The molecule has 0 aromatic rings. The number of nitrogens with zero attached hydrogens (tertiary/aromatic N) is 1. The van der Waals surface area contributed by atoms with Crippen molar-refractivity contribution < 1.29 is 27.6 Å². The maximum atomic E-state index is 14.2. The number of hydrogen-bond acceptors (Lipinski definition) is 6. The Bertz CT molecular complexity index is 1090. The summed E-state index contributed by atoms with van der Waals surface area (Å²) >= 11 is 0. The lowest BCUT2D eigenvalue weighted by Crippen LogP contribution is -2.66. The Morgan fingerprint density at radius 1 is 0.930 bits per heavy atom. The van der Waals surface area contributed by atoms with Gasteiger partial charge in [0.1, 0.15) is 18.4 Å². The Kier molecular flexibility index (Phi) is 11.9. The van der Waals surface area contributed by atoms with E-state index in [0.29, 0.717) is 45.1 Å². The summed E-state index contributed by atoms with van der Waals surface area (Å²) in [4.78, 5) is 54.7. The van der Waals surface area contributed by atoms with Gasteiger partial charge in [0.05, 0.1) is 22.6 Å². The first kappa shape index (κ1) is 33.7. The van der Waals surface area contributed by atoms with Crippen LogP contribution >= 0.6 is 0 Å². The van der Waals surface area contributed by atoms with Crippen LogP contribution in [0, 0.1) is 11.8 Å². The van der Waals surface area contributed by atoms with Gasteiger partial charge in [-0.25, -0.2) is 13.2 Å². The molecule has 11 heteroatoms. The Morgan fingerprint density at radius 2 is 1.53 bits per heavy atom. The highest BCUT2D eigenvalue weighted by atomic mass is 32.2. The van der Waals surface area contributed by atoms with Crippen molar-refractivity contribution in [2.24, 2.45) is 11.8 Å². The minimum Gasteiger partial charge on any atom is -0.345 e. The Morgan fingerprint density at radius 3 is 2.09 bits per heavy atom. The highest BCUT2D eigenvalue weighted by Crippen LogP contribution is 2.40. The number of hydrogen-bond donors (Lipinski definition) is 3. The Labute approximate surface area is 258 Å². The molecule has 0 aromatic carbocycles. The van der Waals surface area contributed by atoms with Crippen LogP contribution in [-0.4, -0.2) is 78.7 Å². The Balaban J connectivity index is 1.54. The highest BCUT2D eigenvalue weighted by Gasteiger charge is 2.53. The van der Waals surface area contributed by atoms with E-state index in [-0.39, 0.29) is 29.4 Å². The van der Waals surface area contributed by atoms with Gasteiger partial charge in [0, 0.05) is 6.54 Å². The van der Waals surface area contributed by atoms with E-state index < -0.39 is 44.8 Å². The fraction of sp³-hybridized carbons (Fsp3) is 0.875. The number of carbonyl (C=O) groups is 4. The molecule has 3 N–H and O–H groups in total. The van der Waals surface area contributed by atoms with Crippen LogP contribution < -0.4 is 16.0 Å². The first-order valence-corrected chi connectivity index (χ1v) is 18.6. The van der Waals surface area contributed by atoms with Crippen LogP contribution in [0.2, 0.25) is 0 Å². The smallest absolute Gasteiger partial charge is 0.315 e. The van der Waals surface area contributed by atoms with Crippen LogP contribution in [0.5, 0.6) is 0 Å². The minimum atomic E-state index is -3.24. The third-order valence-corrected chi connectivity index (χ3v) is 12.9. The number of carbonyl (C=O) groups excluding carboxylic acids is 4. The zero-order chi connectivity index (χ0) is 31.0. The summed E-state index contributed by atoms with van der Waals surface area (Å²) < 4.78 is 25.4. The third-order valence-electron chi connectivity index (χ3n) is 10.5. The molecule has 10 nitrogen and oxygen atoms in total. The van der Waals surface area contributed by atoms with E-state index in [1.807, 2.05) is 0 Å². The number of sulfone groups is 1. The van der Waals surface area contributed by atoms with Crippen LogP contribution in [0.3, 0.4) is 0 Å². The number of aldehydes is 1. The molecule has 244 valence electrons. The van der Waals surface area contributed by atoms with Gasteiger partial charge in [0.25, 0.3) is 0 Å². The predicted molar refractivity (Wildman–Crippen MR) is 166 cm³/mol. The van der Waals surface area contributed by atoms with Crippen LogP contribution in [-0.2, 0) is 24.2 Å². The number of rotatable bonds is 5. The topological polar surface area (TPSA) is 142 Å². The van der Waals surface area contributed by atoms with E-state index in [0.717, 1.165) is 76.9 Å². The first-order chi connectivity index (χ1) is 20.6. The van der Waals surface area contributed by atoms with E-state index in [9.17, 15) is 27.6 Å². The lowest BCUT2D eigenvalue weighted by Gasteiger charge is -2.47. The molecule has 3 saturated heterocycles. The van der Waals surface area contributed by atoms with E-state index in [1.54, 1.807) is 4.90 Å². The number of fused-ring (bicyclic) bond motifs is 1. The average molecular weight is 623 g/mol. The second-order valence-corrected chi connectivity index (χ2v) is 16.2. The van der Waals surface area contributed by atoms with Crippen molar-refractivity contribution in [2.75, 3.05) is 12.3 Å². The zero-order valence-electron chi connectivity index (χ0n) is 26.3. The van der Waals surface area contributed by atoms with Gasteiger partial charge in [-0.2, -0.15) is 0 Å². The molecule has 3 aliphatic heterocycles. The molecule has 4 rings (SSSR count). The molecule has 3 heterocycles. The van der Waals surface area contributed by atoms with E-state index in [1.165, 1.54) is 0 Å². The fourth-order valence-corrected chi connectivity index (χ4v) is 9.54. The molecule has 0 spiro atoms. The van der Waals surface area contributed by atoms with Gasteiger partial charge in [-0.3, -0.25) is 9.59 Å². The molecule has 5 atom stereocenters. The molecule has 0 bridgehead atoms. The third kappa shape index (κ3) is 8.51. The molecule has 0 aromatic heterocycles. The van der Waals surface area contributed by atoms with Crippen LogP contribution in [0.15, 0.2) is 0 Å². The predicted octanol–water partition coefficient (Wildman–Crippen LogP) is 4.02. The van der Waals surface area contributed by atoms with Crippen molar-refractivity contribution in [3.8, 4) is 0 Å². The van der Waals surface area contributed by atoms with E-state index >= 15 is 0 Å². The minimum absolute atomic E-state index is 0.129. The molecule has 1 saturated carbocycles. The lowest BCUT2D eigenvalue weighted by atomic mass is 9.78. The van der Waals surface area contributed by atoms with Crippen molar-refractivity contribution in [3.63, 3.8) is 0 Å². The SMILES string of the molecule is CC(C)[C@@H]1C[C@H]2C(=O)N[C@H](C=O)CCCCCCCCCC[C@H](NC(=O)NC3([C@H]4CCS4(=O)=O)CCCCC3)C(=O)N2C1. The first-order valence-electron chi connectivity index (χ1n) is 16.9. The quantitative estimate of drug-likeness (QED) is 0.396. The lowest BCUT2D eigenvalue weighted by molar-refractivity contribution is -0.140. The maximum Gasteiger partial charge on any atom is 0.315 e. The van der Waals surface area contributed by atoms with Crippen molar-refractivity contribution >= 4 is 34.0 Å². The van der Waals surface area contributed by atoms with Gasteiger partial charge in [-0.05, 0) is 50.4 Å². The number of urea groups is 1. The summed E-state index contributed by atoms with van der Waals surface area (Å²) in [5, 5.41) is 8.35. The number of amides is 4. The average Bonchev–Trinajstić information content (AvgIpc) is 3.42. The van der Waals surface area contributed by atoms with Gasteiger partial charge >= 0.3 is 6.03 Å². The van der Waals surface area contributed by atoms with Crippen molar-refractivity contribution in [1.29, 1.82) is 0 Å². The largest absolute Gasteiger partial charge is 0.345 e.